The number of ether oxygens (including phenoxy) is 2. The fourth-order valence-electron chi connectivity index (χ4n) is 5.30. The molecular formula is C24H26FN3O4. The Bertz CT molecular complexity index is 1090. The van der Waals surface area contributed by atoms with Gasteiger partial charge in [-0.25, -0.2) is 15.2 Å². The van der Waals surface area contributed by atoms with E-state index in [-0.39, 0.29) is 23.7 Å². The molecule has 2 aromatic rings. The molecule has 1 saturated heterocycles. The first-order chi connectivity index (χ1) is 15.5. The van der Waals surface area contributed by atoms with E-state index in [2.05, 4.69) is 16.2 Å². The summed E-state index contributed by atoms with van der Waals surface area (Å²) in [4.78, 5) is 13.5. The second kappa shape index (κ2) is 8.20. The number of carbonyl (C=O) groups excluding carboxylic acids is 1. The molecule has 2 aliphatic heterocycles. The van der Waals surface area contributed by atoms with Gasteiger partial charge in [0, 0.05) is 29.5 Å². The van der Waals surface area contributed by atoms with Crippen LogP contribution in [-0.2, 0) is 4.79 Å². The lowest BCUT2D eigenvalue weighted by atomic mass is 9.68. The maximum atomic E-state index is 14.8. The van der Waals surface area contributed by atoms with Crippen LogP contribution in [0, 0.1) is 11.7 Å². The highest BCUT2D eigenvalue weighted by Crippen LogP contribution is 2.48. The average molecular weight is 439 g/mol. The highest BCUT2D eigenvalue weighted by Gasteiger charge is 2.50. The van der Waals surface area contributed by atoms with Crippen molar-refractivity contribution in [1.82, 2.24) is 16.2 Å². The summed E-state index contributed by atoms with van der Waals surface area (Å²) in [5, 5.41) is 14.0. The number of halogens is 1. The first kappa shape index (κ1) is 20.9. The number of aliphatic hydroxyl groups excluding tert-OH is 1. The summed E-state index contributed by atoms with van der Waals surface area (Å²) in [7, 11) is 3.17. The molecule has 32 heavy (non-hydrogen) atoms. The number of rotatable bonds is 4. The lowest BCUT2D eigenvalue weighted by molar-refractivity contribution is -0.117. The highest BCUT2D eigenvalue weighted by atomic mass is 19.1. The van der Waals surface area contributed by atoms with Crippen LogP contribution in [0.5, 0.6) is 11.5 Å². The maximum Gasteiger partial charge on any atom is 0.161 e. The van der Waals surface area contributed by atoms with Gasteiger partial charge in [0.05, 0.1) is 20.4 Å². The zero-order chi connectivity index (χ0) is 22.4. The minimum Gasteiger partial charge on any atom is -0.493 e. The topological polar surface area (TPSA) is 91.9 Å². The van der Waals surface area contributed by atoms with Gasteiger partial charge < -0.3 is 19.9 Å². The monoisotopic (exact) mass is 439 g/mol. The van der Waals surface area contributed by atoms with Gasteiger partial charge in [0.2, 0.25) is 0 Å². The fourth-order valence-corrected chi connectivity index (χ4v) is 5.30. The lowest BCUT2D eigenvalue weighted by Gasteiger charge is -2.42. The summed E-state index contributed by atoms with van der Waals surface area (Å²) < 4.78 is 25.6. The van der Waals surface area contributed by atoms with E-state index in [1.807, 2.05) is 18.2 Å². The van der Waals surface area contributed by atoms with Crippen molar-refractivity contribution in [1.29, 1.82) is 0 Å². The van der Waals surface area contributed by atoms with Gasteiger partial charge in [0.15, 0.2) is 17.3 Å². The minimum atomic E-state index is -0.914. The molecular weight excluding hydrogens is 413 g/mol. The summed E-state index contributed by atoms with van der Waals surface area (Å²) in [5.74, 6) is -0.190. The van der Waals surface area contributed by atoms with Crippen molar-refractivity contribution in [3.8, 4) is 11.5 Å². The molecule has 5 atom stereocenters. The number of Topliss-reactive ketones (excluding diaryl/α,β-unsaturated/α-hetero) is 1. The molecule has 1 fully saturated rings. The van der Waals surface area contributed by atoms with Crippen LogP contribution in [0.15, 0.2) is 53.7 Å². The van der Waals surface area contributed by atoms with Crippen molar-refractivity contribution in [2.45, 2.75) is 37.1 Å². The number of nitrogens with one attached hydrogen (secondary N) is 3. The number of fused-ring (bicyclic) bond motifs is 1. The standard InChI is InChI=1S/C24H26FN3O4/c1-31-18-8-7-12(11-19(18)32-2)13-9-16-21(17(29)10-13)20(14-5-3-4-6-15(14)25)22-23(26-16)27-28-24(22)30/h3-8,11,13,20,22-24,26-28,30H,9-10H2,1-2H3/t13-,20-,22?,23?,24?/m1/s1. The predicted octanol–water partition coefficient (Wildman–Crippen LogP) is 2.30. The largest absolute Gasteiger partial charge is 0.493 e. The van der Waals surface area contributed by atoms with Gasteiger partial charge in [-0.3, -0.25) is 4.79 Å². The van der Waals surface area contributed by atoms with Crippen LogP contribution in [0.1, 0.15) is 35.8 Å². The molecule has 2 heterocycles. The molecule has 2 aromatic carbocycles. The second-order valence-electron chi connectivity index (χ2n) is 8.47. The molecule has 0 bridgehead atoms. The van der Waals surface area contributed by atoms with Gasteiger partial charge in [-0.2, -0.15) is 0 Å². The third-order valence-corrected chi connectivity index (χ3v) is 6.79. The smallest absolute Gasteiger partial charge is 0.161 e. The summed E-state index contributed by atoms with van der Waals surface area (Å²) in [6.07, 6.45) is -0.342. The van der Waals surface area contributed by atoms with Crippen molar-refractivity contribution in [3.05, 3.63) is 70.7 Å². The van der Waals surface area contributed by atoms with Crippen molar-refractivity contribution >= 4 is 5.78 Å². The number of methoxy groups -OCH3 is 2. The van der Waals surface area contributed by atoms with Crippen molar-refractivity contribution in [2.75, 3.05) is 14.2 Å². The zero-order valence-electron chi connectivity index (χ0n) is 17.9. The van der Waals surface area contributed by atoms with Crippen LogP contribution in [0.3, 0.4) is 0 Å². The molecule has 0 saturated carbocycles. The number of hydrazine groups is 1. The third-order valence-electron chi connectivity index (χ3n) is 6.79. The molecule has 1 aliphatic carbocycles. The van der Waals surface area contributed by atoms with Crippen LogP contribution in [0.25, 0.3) is 0 Å². The molecule has 8 heteroatoms. The van der Waals surface area contributed by atoms with Crippen LogP contribution in [0.4, 0.5) is 4.39 Å². The molecule has 0 radical (unpaired) electrons. The van der Waals surface area contributed by atoms with Gasteiger partial charge in [-0.1, -0.05) is 24.3 Å². The van der Waals surface area contributed by atoms with E-state index >= 15 is 0 Å². The van der Waals surface area contributed by atoms with Crippen LogP contribution in [0.2, 0.25) is 0 Å². The first-order valence-corrected chi connectivity index (χ1v) is 10.7. The summed E-state index contributed by atoms with van der Waals surface area (Å²) in [6, 6.07) is 12.2. The van der Waals surface area contributed by atoms with Crippen molar-refractivity contribution < 1.29 is 23.8 Å². The summed E-state index contributed by atoms with van der Waals surface area (Å²) in [5.41, 5.74) is 8.64. The Balaban J connectivity index is 1.56. The molecule has 4 N–H and O–H groups in total. The highest BCUT2D eigenvalue weighted by molar-refractivity contribution is 5.99. The quantitative estimate of drug-likeness (QED) is 0.581. The lowest BCUT2D eigenvalue weighted by Crippen LogP contribution is -2.51. The minimum absolute atomic E-state index is 0.0377. The Kier molecular flexibility index (Phi) is 5.36. The van der Waals surface area contributed by atoms with Gasteiger partial charge in [-0.05, 0) is 41.7 Å². The van der Waals surface area contributed by atoms with E-state index in [9.17, 15) is 14.3 Å². The SMILES string of the molecule is COc1ccc([C@H]2CC(=O)C3=C(C2)NC2NNC(O)C2[C@@H]3c2ccccc2F)cc1OC. The summed E-state index contributed by atoms with van der Waals surface area (Å²) >= 11 is 0. The number of ketones is 1. The Hall–Kier alpha value is -2.94. The Morgan fingerprint density at radius 3 is 2.56 bits per heavy atom. The first-order valence-electron chi connectivity index (χ1n) is 10.7. The second-order valence-corrected chi connectivity index (χ2v) is 8.47. The molecule has 5 rings (SSSR count). The van der Waals surface area contributed by atoms with Gasteiger partial charge in [0.25, 0.3) is 0 Å². The van der Waals surface area contributed by atoms with Gasteiger partial charge in [0.1, 0.15) is 12.0 Å². The zero-order valence-corrected chi connectivity index (χ0v) is 17.9. The number of aliphatic hydroxyl groups is 1. The van der Waals surface area contributed by atoms with E-state index < -0.39 is 18.1 Å². The molecule has 168 valence electrons. The Morgan fingerprint density at radius 1 is 1.03 bits per heavy atom. The van der Waals surface area contributed by atoms with E-state index in [1.165, 1.54) is 6.07 Å². The van der Waals surface area contributed by atoms with E-state index in [1.54, 1.807) is 32.4 Å². The molecule has 0 aromatic heterocycles. The number of allylic oxidation sites excluding steroid dienone is 2. The third kappa shape index (κ3) is 3.35. The molecule has 0 spiro atoms. The number of carbonyl (C=O) groups is 1. The fraction of sp³-hybridized carbons (Fsp3) is 0.375. The van der Waals surface area contributed by atoms with E-state index in [0.29, 0.717) is 35.5 Å². The Morgan fingerprint density at radius 2 is 1.81 bits per heavy atom. The van der Waals surface area contributed by atoms with Crippen molar-refractivity contribution in [3.63, 3.8) is 0 Å². The number of hydrogen-bond donors (Lipinski definition) is 4. The molecule has 0 amide bonds. The maximum absolute atomic E-state index is 14.8. The Labute approximate surface area is 185 Å². The van der Waals surface area contributed by atoms with E-state index in [4.69, 9.17) is 9.47 Å². The summed E-state index contributed by atoms with van der Waals surface area (Å²) in [6.45, 7) is 0. The molecule has 3 aliphatic rings. The van der Waals surface area contributed by atoms with Gasteiger partial charge >= 0.3 is 0 Å². The predicted molar refractivity (Wildman–Crippen MR) is 115 cm³/mol. The van der Waals surface area contributed by atoms with E-state index in [0.717, 1.165) is 11.3 Å². The van der Waals surface area contributed by atoms with Crippen LogP contribution < -0.4 is 25.6 Å². The van der Waals surface area contributed by atoms with Crippen LogP contribution >= 0.6 is 0 Å². The van der Waals surface area contributed by atoms with Crippen LogP contribution in [-0.4, -0.2) is 37.5 Å². The van der Waals surface area contributed by atoms with Crippen molar-refractivity contribution in [2.24, 2.45) is 5.92 Å². The molecule has 3 unspecified atom stereocenters. The number of hydrogen-bond acceptors (Lipinski definition) is 7. The molecule has 7 nitrogen and oxygen atoms in total. The number of benzene rings is 2. The average Bonchev–Trinajstić information content (AvgIpc) is 3.17. The van der Waals surface area contributed by atoms with Gasteiger partial charge in [-0.15, -0.1) is 0 Å². The normalized spacial score (nSPS) is 29.2.